The van der Waals surface area contributed by atoms with Crippen molar-refractivity contribution in [2.45, 2.75) is 45.2 Å². The Bertz CT molecular complexity index is 351. The number of unbranched alkanes of at least 4 members (excludes halogenated alkanes) is 1. The van der Waals surface area contributed by atoms with Crippen molar-refractivity contribution in [3.05, 3.63) is 35.9 Å². The summed E-state index contributed by atoms with van der Waals surface area (Å²) in [5.74, 6) is -0.215. The first kappa shape index (κ1) is 14.7. The van der Waals surface area contributed by atoms with Crippen LogP contribution < -0.4 is 5.32 Å². The second kappa shape index (κ2) is 7.88. The normalized spacial score (nSPS) is 13.9. The highest BCUT2D eigenvalue weighted by atomic mass is 16.5. The van der Waals surface area contributed by atoms with Crippen molar-refractivity contribution in [1.29, 1.82) is 0 Å². The van der Waals surface area contributed by atoms with Gasteiger partial charge in [0.1, 0.15) is 6.04 Å². The van der Waals surface area contributed by atoms with Crippen LogP contribution in [0, 0.1) is 0 Å². The fourth-order valence-electron chi connectivity index (χ4n) is 1.99. The summed E-state index contributed by atoms with van der Waals surface area (Å²) in [6.07, 6.45) is 3.32. The molecule has 0 aliphatic rings. The standard InChI is InChI=1S/C15H23NO2/c1-4-5-11-14(13-9-7-6-8-10-13)16-12(2)15(17)18-3/h6-10,12,14,16H,4-5,11H2,1-3H3/t12-,14?/m0/s1. The van der Waals surface area contributed by atoms with Gasteiger partial charge in [-0.15, -0.1) is 0 Å². The van der Waals surface area contributed by atoms with E-state index in [0.29, 0.717) is 0 Å². The molecule has 0 aromatic heterocycles. The van der Waals surface area contributed by atoms with Crippen molar-refractivity contribution < 1.29 is 9.53 Å². The number of benzene rings is 1. The molecule has 0 heterocycles. The van der Waals surface area contributed by atoms with Crippen LogP contribution in [0.2, 0.25) is 0 Å². The molecular formula is C15H23NO2. The predicted molar refractivity (Wildman–Crippen MR) is 73.3 cm³/mol. The minimum atomic E-state index is -0.280. The third-order valence-corrected chi connectivity index (χ3v) is 3.05. The molecule has 1 aromatic carbocycles. The van der Waals surface area contributed by atoms with Gasteiger partial charge in [-0.25, -0.2) is 0 Å². The average Bonchev–Trinajstić information content (AvgIpc) is 2.43. The van der Waals surface area contributed by atoms with E-state index in [4.69, 9.17) is 4.74 Å². The lowest BCUT2D eigenvalue weighted by molar-refractivity contribution is -0.142. The Morgan fingerprint density at radius 3 is 2.56 bits per heavy atom. The highest BCUT2D eigenvalue weighted by Gasteiger charge is 2.18. The summed E-state index contributed by atoms with van der Waals surface area (Å²) in [7, 11) is 1.42. The Kier molecular flexibility index (Phi) is 6.44. The second-order valence-electron chi connectivity index (χ2n) is 4.52. The third kappa shape index (κ3) is 4.49. The van der Waals surface area contributed by atoms with Crippen molar-refractivity contribution in [2.24, 2.45) is 0 Å². The van der Waals surface area contributed by atoms with Crippen LogP contribution in [0.1, 0.15) is 44.7 Å². The SMILES string of the molecule is CCCCC(N[C@@H](C)C(=O)OC)c1ccccc1. The number of carbonyl (C=O) groups excluding carboxylic acids is 1. The molecule has 0 radical (unpaired) electrons. The molecule has 0 spiro atoms. The van der Waals surface area contributed by atoms with Crippen LogP contribution in [-0.4, -0.2) is 19.1 Å². The zero-order valence-corrected chi connectivity index (χ0v) is 11.5. The van der Waals surface area contributed by atoms with Crippen molar-refractivity contribution >= 4 is 5.97 Å². The van der Waals surface area contributed by atoms with E-state index in [1.54, 1.807) is 0 Å². The molecule has 0 saturated carbocycles. The molecule has 1 rings (SSSR count). The first-order valence-electron chi connectivity index (χ1n) is 6.57. The lowest BCUT2D eigenvalue weighted by Crippen LogP contribution is -2.37. The van der Waals surface area contributed by atoms with Gasteiger partial charge in [-0.05, 0) is 18.9 Å². The Morgan fingerprint density at radius 2 is 2.00 bits per heavy atom. The lowest BCUT2D eigenvalue weighted by Gasteiger charge is -2.22. The first-order chi connectivity index (χ1) is 8.69. The number of nitrogens with one attached hydrogen (secondary N) is 1. The molecular weight excluding hydrogens is 226 g/mol. The van der Waals surface area contributed by atoms with Crippen LogP contribution in [-0.2, 0) is 9.53 Å². The molecule has 1 aromatic rings. The van der Waals surface area contributed by atoms with E-state index in [9.17, 15) is 4.79 Å². The van der Waals surface area contributed by atoms with Gasteiger partial charge in [-0.3, -0.25) is 10.1 Å². The van der Waals surface area contributed by atoms with Crippen molar-refractivity contribution in [2.75, 3.05) is 7.11 Å². The largest absolute Gasteiger partial charge is 0.468 e. The van der Waals surface area contributed by atoms with Gasteiger partial charge < -0.3 is 4.74 Å². The minimum absolute atomic E-state index is 0.209. The summed E-state index contributed by atoms with van der Waals surface area (Å²) < 4.78 is 4.75. The molecule has 1 unspecified atom stereocenters. The maximum atomic E-state index is 11.5. The minimum Gasteiger partial charge on any atom is -0.468 e. The van der Waals surface area contributed by atoms with E-state index < -0.39 is 0 Å². The number of methoxy groups -OCH3 is 1. The molecule has 0 aliphatic carbocycles. The number of hydrogen-bond donors (Lipinski definition) is 1. The molecule has 0 saturated heterocycles. The van der Waals surface area contributed by atoms with Crippen LogP contribution in [0.4, 0.5) is 0 Å². The molecule has 1 N–H and O–H groups in total. The fraction of sp³-hybridized carbons (Fsp3) is 0.533. The van der Waals surface area contributed by atoms with Crippen LogP contribution in [0.15, 0.2) is 30.3 Å². The predicted octanol–water partition coefficient (Wildman–Crippen LogP) is 3.07. The Balaban J connectivity index is 2.70. The van der Waals surface area contributed by atoms with Gasteiger partial charge in [-0.1, -0.05) is 50.1 Å². The van der Waals surface area contributed by atoms with Gasteiger partial charge in [0.2, 0.25) is 0 Å². The van der Waals surface area contributed by atoms with Crippen LogP contribution in [0.25, 0.3) is 0 Å². The second-order valence-corrected chi connectivity index (χ2v) is 4.52. The Hall–Kier alpha value is -1.35. The van der Waals surface area contributed by atoms with Crippen LogP contribution in [0.5, 0.6) is 0 Å². The summed E-state index contributed by atoms with van der Waals surface area (Å²) in [4.78, 5) is 11.5. The molecule has 100 valence electrons. The highest BCUT2D eigenvalue weighted by molar-refractivity contribution is 5.75. The number of ether oxygens (including phenoxy) is 1. The quantitative estimate of drug-likeness (QED) is 0.755. The van der Waals surface area contributed by atoms with E-state index in [0.717, 1.165) is 19.3 Å². The number of rotatable bonds is 7. The average molecular weight is 249 g/mol. The summed E-state index contributed by atoms with van der Waals surface area (Å²) >= 11 is 0. The molecule has 0 amide bonds. The fourth-order valence-corrected chi connectivity index (χ4v) is 1.99. The van der Waals surface area contributed by atoms with Gasteiger partial charge in [0, 0.05) is 6.04 Å². The van der Waals surface area contributed by atoms with Gasteiger partial charge in [0.05, 0.1) is 7.11 Å². The number of hydrogen-bond acceptors (Lipinski definition) is 3. The lowest BCUT2D eigenvalue weighted by atomic mass is 10.0. The Morgan fingerprint density at radius 1 is 1.33 bits per heavy atom. The van der Waals surface area contributed by atoms with Crippen molar-refractivity contribution in [3.8, 4) is 0 Å². The topological polar surface area (TPSA) is 38.3 Å². The summed E-state index contributed by atoms with van der Waals surface area (Å²) in [6.45, 7) is 4.01. The maximum absolute atomic E-state index is 11.5. The molecule has 0 bridgehead atoms. The van der Waals surface area contributed by atoms with E-state index in [-0.39, 0.29) is 18.1 Å². The highest BCUT2D eigenvalue weighted by Crippen LogP contribution is 2.19. The number of carbonyl (C=O) groups is 1. The van der Waals surface area contributed by atoms with E-state index in [1.807, 2.05) is 25.1 Å². The van der Waals surface area contributed by atoms with E-state index in [2.05, 4.69) is 24.4 Å². The summed E-state index contributed by atoms with van der Waals surface area (Å²) in [5, 5.41) is 3.34. The van der Waals surface area contributed by atoms with E-state index >= 15 is 0 Å². The monoisotopic (exact) mass is 249 g/mol. The molecule has 0 fully saturated rings. The van der Waals surface area contributed by atoms with Crippen molar-refractivity contribution in [3.63, 3.8) is 0 Å². The molecule has 3 heteroatoms. The smallest absolute Gasteiger partial charge is 0.322 e. The molecule has 3 nitrogen and oxygen atoms in total. The zero-order chi connectivity index (χ0) is 13.4. The summed E-state index contributed by atoms with van der Waals surface area (Å²) in [5.41, 5.74) is 1.22. The van der Waals surface area contributed by atoms with Crippen LogP contribution in [0.3, 0.4) is 0 Å². The van der Waals surface area contributed by atoms with Gasteiger partial charge in [0.15, 0.2) is 0 Å². The van der Waals surface area contributed by atoms with Crippen molar-refractivity contribution in [1.82, 2.24) is 5.32 Å². The van der Waals surface area contributed by atoms with Crippen LogP contribution >= 0.6 is 0 Å². The molecule has 18 heavy (non-hydrogen) atoms. The maximum Gasteiger partial charge on any atom is 0.322 e. The van der Waals surface area contributed by atoms with Gasteiger partial charge in [0.25, 0.3) is 0 Å². The summed E-state index contributed by atoms with van der Waals surface area (Å²) in [6, 6.07) is 10.2. The number of esters is 1. The van der Waals surface area contributed by atoms with Gasteiger partial charge >= 0.3 is 5.97 Å². The third-order valence-electron chi connectivity index (χ3n) is 3.05. The first-order valence-corrected chi connectivity index (χ1v) is 6.57. The van der Waals surface area contributed by atoms with Gasteiger partial charge in [-0.2, -0.15) is 0 Å². The Labute approximate surface area is 110 Å². The zero-order valence-electron chi connectivity index (χ0n) is 11.5. The molecule has 0 aliphatic heterocycles. The molecule has 2 atom stereocenters. The van der Waals surface area contributed by atoms with E-state index in [1.165, 1.54) is 12.7 Å².